The molecule has 0 bridgehead atoms. The number of aromatic nitrogens is 3. The Hall–Kier alpha value is -2.77. The van der Waals surface area contributed by atoms with E-state index < -0.39 is 0 Å². The van der Waals surface area contributed by atoms with Crippen LogP contribution in [-0.2, 0) is 13.1 Å². The molecule has 3 aromatic rings. The maximum atomic E-state index is 5.47. The first-order valence-electron chi connectivity index (χ1n) is 10.2. The number of pyridine rings is 1. The molecule has 1 aliphatic heterocycles. The molecule has 0 aliphatic carbocycles. The first-order chi connectivity index (χ1) is 14.2. The number of hydrogen-bond donors (Lipinski definition) is 0. The molecule has 2 aromatic heterocycles. The van der Waals surface area contributed by atoms with E-state index in [9.17, 15) is 0 Å². The smallest absolute Gasteiger partial charge is 0.241 e. The fourth-order valence-corrected chi connectivity index (χ4v) is 3.50. The molecule has 0 atom stereocenters. The van der Waals surface area contributed by atoms with Crippen LogP contribution in [0.15, 0.2) is 53.2 Å². The van der Waals surface area contributed by atoms with Crippen LogP contribution < -0.4 is 4.90 Å². The molecular formula is C22H28N6O. The Kier molecular flexibility index (Phi) is 6.17. The summed E-state index contributed by atoms with van der Waals surface area (Å²) in [6.45, 7) is 8.76. The van der Waals surface area contributed by atoms with Gasteiger partial charge >= 0.3 is 0 Å². The Bertz CT molecular complexity index is 887. The quantitative estimate of drug-likeness (QED) is 0.613. The lowest BCUT2D eigenvalue weighted by atomic mass is 10.2. The van der Waals surface area contributed by atoms with Crippen molar-refractivity contribution in [2.75, 3.05) is 44.7 Å². The fraction of sp³-hybridized carbons (Fsp3) is 0.409. The van der Waals surface area contributed by atoms with Crippen LogP contribution in [0.25, 0.3) is 11.4 Å². The van der Waals surface area contributed by atoms with Crippen LogP contribution in [0.2, 0.25) is 0 Å². The van der Waals surface area contributed by atoms with Crippen molar-refractivity contribution in [3.63, 3.8) is 0 Å². The maximum Gasteiger partial charge on any atom is 0.241 e. The molecule has 7 nitrogen and oxygen atoms in total. The summed E-state index contributed by atoms with van der Waals surface area (Å²) < 4.78 is 5.47. The second-order valence-electron chi connectivity index (χ2n) is 7.50. The standard InChI is InChI=1S/C22H28N6O/c1-3-28(16-18-7-5-4-6-8-18)20-10-9-19(15-23-20)22-24-21(29-25-22)17-27-13-11-26(2)12-14-27/h4-10,15H,3,11-14,16-17H2,1-2H3. The van der Waals surface area contributed by atoms with E-state index in [2.05, 4.69) is 68.1 Å². The summed E-state index contributed by atoms with van der Waals surface area (Å²) >= 11 is 0. The molecule has 7 heteroatoms. The Morgan fingerprint density at radius 3 is 2.52 bits per heavy atom. The third-order valence-electron chi connectivity index (χ3n) is 5.35. The number of hydrogen-bond acceptors (Lipinski definition) is 7. The van der Waals surface area contributed by atoms with Crippen LogP contribution in [0.4, 0.5) is 5.82 Å². The molecule has 0 saturated carbocycles. The molecule has 0 amide bonds. The highest BCUT2D eigenvalue weighted by Gasteiger charge is 2.17. The minimum Gasteiger partial charge on any atom is -0.353 e. The Morgan fingerprint density at radius 1 is 1.03 bits per heavy atom. The number of benzene rings is 1. The van der Waals surface area contributed by atoms with E-state index >= 15 is 0 Å². The summed E-state index contributed by atoms with van der Waals surface area (Å²) in [7, 11) is 2.15. The Labute approximate surface area is 172 Å². The van der Waals surface area contributed by atoms with Crippen molar-refractivity contribution < 1.29 is 4.52 Å². The van der Waals surface area contributed by atoms with Crippen LogP contribution in [0, 0.1) is 0 Å². The van der Waals surface area contributed by atoms with Gasteiger partial charge in [-0.25, -0.2) is 4.98 Å². The molecule has 1 aromatic carbocycles. The molecule has 0 N–H and O–H groups in total. The summed E-state index contributed by atoms with van der Waals surface area (Å²) in [6, 6.07) is 14.5. The first kappa shape index (κ1) is 19.5. The number of nitrogens with zero attached hydrogens (tertiary/aromatic N) is 6. The highest BCUT2D eigenvalue weighted by atomic mass is 16.5. The second kappa shape index (κ2) is 9.15. The normalized spacial score (nSPS) is 15.5. The van der Waals surface area contributed by atoms with Gasteiger partial charge in [-0.1, -0.05) is 35.5 Å². The van der Waals surface area contributed by atoms with Crippen LogP contribution in [0.5, 0.6) is 0 Å². The zero-order valence-electron chi connectivity index (χ0n) is 17.2. The van der Waals surface area contributed by atoms with E-state index in [1.807, 2.05) is 24.4 Å². The molecule has 1 saturated heterocycles. The van der Waals surface area contributed by atoms with Crippen LogP contribution in [0.1, 0.15) is 18.4 Å². The minimum atomic E-state index is 0.597. The SMILES string of the molecule is CCN(Cc1ccccc1)c1ccc(-c2noc(CN3CCN(C)CC3)n2)cn1. The lowest BCUT2D eigenvalue weighted by Crippen LogP contribution is -2.43. The summed E-state index contributed by atoms with van der Waals surface area (Å²) in [5.41, 5.74) is 2.14. The molecule has 0 unspecified atom stereocenters. The molecule has 29 heavy (non-hydrogen) atoms. The van der Waals surface area contributed by atoms with Crippen LogP contribution in [-0.4, -0.2) is 64.7 Å². The zero-order valence-corrected chi connectivity index (χ0v) is 17.2. The van der Waals surface area contributed by atoms with Crippen molar-refractivity contribution in [2.24, 2.45) is 0 Å². The summed E-state index contributed by atoms with van der Waals surface area (Å²) in [6.07, 6.45) is 1.83. The number of likely N-dealkylation sites (N-methyl/N-ethyl adjacent to an activating group) is 1. The molecule has 3 heterocycles. The van der Waals surface area contributed by atoms with E-state index in [-0.39, 0.29) is 0 Å². The van der Waals surface area contributed by atoms with Gasteiger partial charge in [0.2, 0.25) is 11.7 Å². The van der Waals surface area contributed by atoms with E-state index in [1.54, 1.807) is 0 Å². The van der Waals surface area contributed by atoms with E-state index in [0.717, 1.165) is 50.6 Å². The molecule has 0 radical (unpaired) electrons. The van der Waals surface area contributed by atoms with E-state index in [4.69, 9.17) is 4.52 Å². The number of piperazine rings is 1. The van der Waals surface area contributed by atoms with Crippen molar-refractivity contribution in [2.45, 2.75) is 20.0 Å². The number of anilines is 1. The van der Waals surface area contributed by atoms with Crippen LogP contribution in [0.3, 0.4) is 0 Å². The topological polar surface area (TPSA) is 61.5 Å². The monoisotopic (exact) mass is 392 g/mol. The predicted molar refractivity (Wildman–Crippen MR) is 113 cm³/mol. The summed E-state index contributed by atoms with van der Waals surface area (Å²) in [5, 5.41) is 4.15. The highest BCUT2D eigenvalue weighted by Crippen LogP contribution is 2.20. The predicted octanol–water partition coefficient (Wildman–Crippen LogP) is 2.91. The zero-order chi connectivity index (χ0) is 20.1. The van der Waals surface area contributed by atoms with Gasteiger partial charge in [-0.05, 0) is 31.7 Å². The lowest BCUT2D eigenvalue weighted by Gasteiger charge is -2.31. The third-order valence-corrected chi connectivity index (χ3v) is 5.35. The average Bonchev–Trinajstić information content (AvgIpc) is 3.23. The molecule has 1 aliphatic rings. The lowest BCUT2D eigenvalue weighted by molar-refractivity contribution is 0.135. The van der Waals surface area contributed by atoms with Gasteiger partial charge < -0.3 is 14.3 Å². The van der Waals surface area contributed by atoms with E-state index in [1.165, 1.54) is 5.56 Å². The van der Waals surface area contributed by atoms with Crippen molar-refractivity contribution >= 4 is 5.82 Å². The Morgan fingerprint density at radius 2 is 1.83 bits per heavy atom. The van der Waals surface area contributed by atoms with Gasteiger partial charge in [0.05, 0.1) is 6.54 Å². The second-order valence-corrected chi connectivity index (χ2v) is 7.50. The first-order valence-corrected chi connectivity index (χ1v) is 10.2. The minimum absolute atomic E-state index is 0.597. The molecule has 4 rings (SSSR count). The highest BCUT2D eigenvalue weighted by molar-refractivity contribution is 5.56. The van der Waals surface area contributed by atoms with Crippen molar-refractivity contribution in [3.8, 4) is 11.4 Å². The van der Waals surface area contributed by atoms with Gasteiger partial charge in [-0.15, -0.1) is 0 Å². The molecule has 0 spiro atoms. The molecular weight excluding hydrogens is 364 g/mol. The third kappa shape index (κ3) is 4.99. The van der Waals surface area contributed by atoms with Gasteiger partial charge in [0.1, 0.15) is 5.82 Å². The van der Waals surface area contributed by atoms with Crippen molar-refractivity contribution in [1.82, 2.24) is 24.9 Å². The van der Waals surface area contributed by atoms with Gasteiger partial charge in [0.25, 0.3) is 0 Å². The largest absolute Gasteiger partial charge is 0.353 e. The van der Waals surface area contributed by atoms with E-state index in [0.29, 0.717) is 18.3 Å². The molecule has 1 fully saturated rings. The summed E-state index contributed by atoms with van der Waals surface area (Å²) in [5.74, 6) is 2.20. The Balaban J connectivity index is 1.40. The fourth-order valence-electron chi connectivity index (χ4n) is 3.50. The summed E-state index contributed by atoms with van der Waals surface area (Å²) in [4.78, 5) is 16.1. The molecule has 152 valence electrons. The number of rotatable bonds is 7. The maximum absolute atomic E-state index is 5.47. The van der Waals surface area contributed by atoms with Crippen molar-refractivity contribution in [1.29, 1.82) is 0 Å². The van der Waals surface area contributed by atoms with Crippen molar-refractivity contribution in [3.05, 3.63) is 60.1 Å². The van der Waals surface area contributed by atoms with Crippen LogP contribution >= 0.6 is 0 Å². The van der Waals surface area contributed by atoms with Gasteiger partial charge in [0, 0.05) is 51.0 Å². The average molecular weight is 393 g/mol. The van der Waals surface area contributed by atoms with Gasteiger partial charge in [-0.2, -0.15) is 4.98 Å². The van der Waals surface area contributed by atoms with Gasteiger partial charge in [-0.3, -0.25) is 4.90 Å². The van der Waals surface area contributed by atoms with Gasteiger partial charge in [0.15, 0.2) is 0 Å².